The van der Waals surface area contributed by atoms with Crippen molar-refractivity contribution in [2.24, 2.45) is 5.92 Å². The lowest BCUT2D eigenvalue weighted by molar-refractivity contribution is 0.0914. The summed E-state index contributed by atoms with van der Waals surface area (Å²) in [5.74, 6) is 0.336. The van der Waals surface area contributed by atoms with Crippen LogP contribution in [0.25, 0.3) is 0 Å². The highest BCUT2D eigenvalue weighted by atomic mass is 16.5. The van der Waals surface area contributed by atoms with E-state index in [0.29, 0.717) is 18.0 Å². The van der Waals surface area contributed by atoms with Gasteiger partial charge in [-0.2, -0.15) is 15.0 Å². The quantitative estimate of drug-likeness (QED) is 0.862. The highest BCUT2D eigenvalue weighted by Crippen LogP contribution is 2.14. The first-order valence-electron chi connectivity index (χ1n) is 6.75. The van der Waals surface area contributed by atoms with Crippen molar-refractivity contribution in [2.75, 3.05) is 7.11 Å². The molecule has 0 fully saturated rings. The van der Waals surface area contributed by atoms with Crippen LogP contribution < -0.4 is 10.1 Å². The number of methoxy groups -OCH3 is 1. The maximum atomic E-state index is 12.4. The van der Waals surface area contributed by atoms with Crippen LogP contribution in [0.15, 0.2) is 30.7 Å². The molecule has 0 aliphatic heterocycles. The summed E-state index contributed by atoms with van der Waals surface area (Å²) < 4.78 is 5.11. The Morgan fingerprint density at radius 3 is 2.67 bits per heavy atom. The van der Waals surface area contributed by atoms with Crippen molar-refractivity contribution in [1.29, 1.82) is 0 Å². The molecule has 0 bridgehead atoms. The molecule has 1 atom stereocenters. The van der Waals surface area contributed by atoms with Crippen LogP contribution in [0.3, 0.4) is 0 Å². The normalized spacial score (nSPS) is 12.2. The van der Waals surface area contributed by atoms with E-state index >= 15 is 0 Å². The van der Waals surface area contributed by atoms with E-state index in [1.54, 1.807) is 35.5 Å². The molecule has 7 heteroatoms. The number of pyridine rings is 1. The van der Waals surface area contributed by atoms with Crippen molar-refractivity contribution in [3.05, 3.63) is 36.3 Å². The molecule has 0 aliphatic rings. The molecule has 0 radical (unpaired) electrons. The highest BCUT2D eigenvalue weighted by molar-refractivity contribution is 5.96. The standard InChI is InChI=1S/C14H19N5O2/c1-10(2)12(9-19-16-7-8-17-19)18-13(20)11-5-4-6-15-14(11)21-3/h4-8,10,12H,9H2,1-3H3,(H,18,20)/t12-/m1/s1. The lowest BCUT2D eigenvalue weighted by Crippen LogP contribution is -2.42. The summed E-state index contributed by atoms with van der Waals surface area (Å²) in [6.07, 6.45) is 4.82. The summed E-state index contributed by atoms with van der Waals surface area (Å²) in [5.41, 5.74) is 0.416. The Labute approximate surface area is 123 Å². The van der Waals surface area contributed by atoms with E-state index in [1.807, 2.05) is 13.8 Å². The smallest absolute Gasteiger partial charge is 0.257 e. The first-order valence-corrected chi connectivity index (χ1v) is 6.75. The Balaban J connectivity index is 2.11. The monoisotopic (exact) mass is 289 g/mol. The van der Waals surface area contributed by atoms with Crippen molar-refractivity contribution >= 4 is 5.91 Å². The minimum Gasteiger partial charge on any atom is -0.480 e. The second kappa shape index (κ2) is 6.83. The number of hydrogen-bond acceptors (Lipinski definition) is 5. The summed E-state index contributed by atoms with van der Waals surface area (Å²) >= 11 is 0. The Hall–Kier alpha value is -2.44. The first-order chi connectivity index (χ1) is 10.1. The molecule has 112 valence electrons. The zero-order chi connectivity index (χ0) is 15.2. The summed E-state index contributed by atoms with van der Waals surface area (Å²) in [4.78, 5) is 18.0. The van der Waals surface area contributed by atoms with Crippen LogP contribution in [-0.2, 0) is 6.54 Å². The van der Waals surface area contributed by atoms with Crippen LogP contribution >= 0.6 is 0 Å². The van der Waals surface area contributed by atoms with E-state index in [4.69, 9.17) is 4.74 Å². The van der Waals surface area contributed by atoms with E-state index in [2.05, 4.69) is 20.5 Å². The summed E-state index contributed by atoms with van der Waals surface area (Å²) in [6.45, 7) is 4.59. The van der Waals surface area contributed by atoms with E-state index in [1.165, 1.54) is 7.11 Å². The predicted molar refractivity (Wildman–Crippen MR) is 76.9 cm³/mol. The van der Waals surface area contributed by atoms with Crippen LogP contribution in [0, 0.1) is 5.92 Å². The molecule has 1 N–H and O–H groups in total. The van der Waals surface area contributed by atoms with Gasteiger partial charge in [0.15, 0.2) is 0 Å². The van der Waals surface area contributed by atoms with Crippen LogP contribution in [0.5, 0.6) is 5.88 Å². The van der Waals surface area contributed by atoms with Gasteiger partial charge < -0.3 is 10.1 Å². The fourth-order valence-electron chi connectivity index (χ4n) is 1.91. The van der Waals surface area contributed by atoms with Crippen molar-refractivity contribution in [3.8, 4) is 5.88 Å². The highest BCUT2D eigenvalue weighted by Gasteiger charge is 2.20. The third-order valence-electron chi connectivity index (χ3n) is 3.16. The summed E-state index contributed by atoms with van der Waals surface area (Å²) in [7, 11) is 1.49. The second-order valence-corrected chi connectivity index (χ2v) is 4.97. The van der Waals surface area contributed by atoms with E-state index in [-0.39, 0.29) is 17.9 Å². The number of carbonyl (C=O) groups excluding carboxylic acids is 1. The third kappa shape index (κ3) is 3.77. The molecule has 0 aromatic carbocycles. The Morgan fingerprint density at radius 2 is 2.05 bits per heavy atom. The number of carbonyl (C=O) groups is 1. The molecule has 2 heterocycles. The minimum absolute atomic E-state index is 0.0881. The van der Waals surface area contributed by atoms with Gasteiger partial charge in [0.25, 0.3) is 5.91 Å². The van der Waals surface area contributed by atoms with Gasteiger partial charge in [0, 0.05) is 6.20 Å². The van der Waals surface area contributed by atoms with Gasteiger partial charge in [-0.05, 0) is 18.1 Å². The average Bonchev–Trinajstić information content (AvgIpc) is 2.99. The number of rotatable bonds is 6. The molecule has 0 unspecified atom stereocenters. The zero-order valence-corrected chi connectivity index (χ0v) is 12.4. The molecule has 2 aromatic heterocycles. The molecule has 7 nitrogen and oxygen atoms in total. The number of hydrogen-bond donors (Lipinski definition) is 1. The van der Waals surface area contributed by atoms with Gasteiger partial charge in [0.05, 0.1) is 32.1 Å². The average molecular weight is 289 g/mol. The fraction of sp³-hybridized carbons (Fsp3) is 0.429. The number of ether oxygens (including phenoxy) is 1. The SMILES string of the molecule is COc1ncccc1C(=O)N[C@H](Cn1nccn1)C(C)C. The predicted octanol–water partition coefficient (Wildman–Crippen LogP) is 1.14. The van der Waals surface area contributed by atoms with Crippen molar-refractivity contribution < 1.29 is 9.53 Å². The summed E-state index contributed by atoms with van der Waals surface area (Å²) in [5, 5.41) is 11.1. The molecule has 0 saturated heterocycles. The first kappa shape index (κ1) is 15.0. The molecule has 0 spiro atoms. The Morgan fingerprint density at radius 1 is 1.33 bits per heavy atom. The second-order valence-electron chi connectivity index (χ2n) is 4.97. The van der Waals surface area contributed by atoms with Crippen LogP contribution in [0.4, 0.5) is 0 Å². The largest absolute Gasteiger partial charge is 0.480 e. The summed E-state index contributed by atoms with van der Waals surface area (Å²) in [6, 6.07) is 3.30. The number of amides is 1. The third-order valence-corrected chi connectivity index (χ3v) is 3.16. The molecule has 2 rings (SSSR count). The lowest BCUT2D eigenvalue weighted by atomic mass is 10.0. The van der Waals surface area contributed by atoms with Crippen LogP contribution in [-0.4, -0.2) is 39.0 Å². The van der Waals surface area contributed by atoms with E-state index < -0.39 is 0 Å². The van der Waals surface area contributed by atoms with Gasteiger partial charge in [-0.25, -0.2) is 4.98 Å². The molecule has 1 amide bonds. The van der Waals surface area contributed by atoms with Gasteiger partial charge in [-0.1, -0.05) is 13.8 Å². The Bertz CT molecular complexity index is 583. The van der Waals surface area contributed by atoms with Gasteiger partial charge in [-0.3, -0.25) is 4.79 Å². The van der Waals surface area contributed by atoms with Gasteiger partial charge in [0.2, 0.25) is 5.88 Å². The van der Waals surface area contributed by atoms with Gasteiger partial charge in [0.1, 0.15) is 5.56 Å². The topological polar surface area (TPSA) is 81.9 Å². The molecule has 0 aliphatic carbocycles. The lowest BCUT2D eigenvalue weighted by Gasteiger charge is -2.22. The number of nitrogens with one attached hydrogen (secondary N) is 1. The zero-order valence-electron chi connectivity index (χ0n) is 12.4. The maximum absolute atomic E-state index is 12.4. The van der Waals surface area contributed by atoms with Gasteiger partial charge >= 0.3 is 0 Å². The number of aromatic nitrogens is 4. The van der Waals surface area contributed by atoms with Crippen molar-refractivity contribution in [3.63, 3.8) is 0 Å². The molecular formula is C14H19N5O2. The molecule has 0 saturated carbocycles. The number of nitrogens with zero attached hydrogens (tertiary/aromatic N) is 4. The molecule has 2 aromatic rings. The van der Waals surface area contributed by atoms with E-state index in [0.717, 1.165) is 0 Å². The van der Waals surface area contributed by atoms with Gasteiger partial charge in [-0.15, -0.1) is 0 Å². The molecular weight excluding hydrogens is 270 g/mol. The Kier molecular flexibility index (Phi) is 4.86. The maximum Gasteiger partial charge on any atom is 0.257 e. The molecule has 21 heavy (non-hydrogen) atoms. The van der Waals surface area contributed by atoms with E-state index in [9.17, 15) is 4.79 Å². The van der Waals surface area contributed by atoms with Crippen LogP contribution in [0.2, 0.25) is 0 Å². The van der Waals surface area contributed by atoms with Crippen molar-refractivity contribution in [1.82, 2.24) is 25.3 Å². The minimum atomic E-state index is -0.217. The fourth-order valence-corrected chi connectivity index (χ4v) is 1.91. The van der Waals surface area contributed by atoms with Crippen LogP contribution in [0.1, 0.15) is 24.2 Å². The van der Waals surface area contributed by atoms with Crippen molar-refractivity contribution in [2.45, 2.75) is 26.4 Å².